The quantitative estimate of drug-likeness (QED) is 0.701. The number of carbonyl (C=O) groups excluding carboxylic acids is 2. The van der Waals surface area contributed by atoms with E-state index in [2.05, 4.69) is 31.4 Å². The summed E-state index contributed by atoms with van der Waals surface area (Å²) in [5.41, 5.74) is -0.221. The van der Waals surface area contributed by atoms with Crippen LogP contribution in [0.5, 0.6) is 0 Å². The Morgan fingerprint density at radius 2 is 1.90 bits per heavy atom. The molecule has 0 heterocycles. The lowest BCUT2D eigenvalue weighted by atomic mass is 9.56. The van der Waals surface area contributed by atoms with E-state index in [1.807, 2.05) is 0 Å². The zero-order chi connectivity index (χ0) is 15.7. The Kier molecular flexibility index (Phi) is 4.61. The lowest BCUT2D eigenvalue weighted by Crippen LogP contribution is -2.68. The van der Waals surface area contributed by atoms with Crippen LogP contribution in [0, 0.1) is 11.3 Å². The molecule has 0 aliphatic heterocycles. The van der Waals surface area contributed by atoms with Gasteiger partial charge in [-0.25, -0.2) is 0 Å². The molecule has 0 radical (unpaired) electrons. The molecule has 5 heteroatoms. The molecule has 2 rings (SSSR count). The second kappa shape index (κ2) is 5.95. The van der Waals surface area contributed by atoms with Gasteiger partial charge in [-0.3, -0.25) is 9.59 Å². The summed E-state index contributed by atoms with van der Waals surface area (Å²) in [5.74, 6) is 0.444. The van der Waals surface area contributed by atoms with Gasteiger partial charge in [-0.2, -0.15) is 0 Å². The standard InChI is InChI=1S/C16H28N2O3/c1-15(2)12(10-16(15,3)21-4)18-13(19)6-5-9-17-14(20)11-7-8-11/h11-12H,5-10H2,1-4H3,(H,17,20)(H,18,19)/t12-,16-/m1/s1. The fraction of sp³-hybridized carbons (Fsp3) is 0.875. The van der Waals surface area contributed by atoms with Crippen molar-refractivity contribution in [2.45, 2.75) is 64.5 Å². The summed E-state index contributed by atoms with van der Waals surface area (Å²) in [7, 11) is 1.72. The first-order chi connectivity index (χ1) is 9.80. The molecule has 120 valence electrons. The third-order valence-corrected chi connectivity index (χ3v) is 5.44. The SMILES string of the molecule is CO[C@]1(C)C[C@@H](NC(=O)CCCNC(=O)C2CC2)C1(C)C. The van der Waals surface area contributed by atoms with Crippen LogP contribution < -0.4 is 10.6 Å². The minimum atomic E-state index is -0.164. The van der Waals surface area contributed by atoms with Gasteiger partial charge in [0, 0.05) is 37.5 Å². The van der Waals surface area contributed by atoms with E-state index < -0.39 is 0 Å². The van der Waals surface area contributed by atoms with Crippen molar-refractivity contribution in [3.63, 3.8) is 0 Å². The van der Waals surface area contributed by atoms with Crippen molar-refractivity contribution in [2.75, 3.05) is 13.7 Å². The highest BCUT2D eigenvalue weighted by Gasteiger charge is 2.58. The molecule has 2 amide bonds. The van der Waals surface area contributed by atoms with Gasteiger partial charge in [0.2, 0.25) is 11.8 Å². The van der Waals surface area contributed by atoms with Gasteiger partial charge < -0.3 is 15.4 Å². The average Bonchev–Trinajstić information content (AvgIpc) is 3.27. The van der Waals surface area contributed by atoms with Crippen molar-refractivity contribution in [1.82, 2.24) is 10.6 Å². The molecule has 21 heavy (non-hydrogen) atoms. The number of methoxy groups -OCH3 is 1. The second-order valence-electron chi connectivity index (χ2n) is 7.15. The summed E-state index contributed by atoms with van der Waals surface area (Å²) >= 11 is 0. The maximum Gasteiger partial charge on any atom is 0.223 e. The van der Waals surface area contributed by atoms with E-state index in [1.165, 1.54) is 0 Å². The molecule has 2 aliphatic rings. The van der Waals surface area contributed by atoms with E-state index in [9.17, 15) is 9.59 Å². The van der Waals surface area contributed by atoms with Crippen LogP contribution in [-0.2, 0) is 14.3 Å². The molecular weight excluding hydrogens is 268 g/mol. The van der Waals surface area contributed by atoms with E-state index in [4.69, 9.17) is 4.74 Å². The Hall–Kier alpha value is -1.10. The van der Waals surface area contributed by atoms with E-state index in [0.717, 1.165) is 19.3 Å². The predicted molar refractivity (Wildman–Crippen MR) is 80.7 cm³/mol. The Labute approximate surface area is 127 Å². The van der Waals surface area contributed by atoms with Crippen LogP contribution in [0.1, 0.15) is 52.9 Å². The number of hydrogen-bond donors (Lipinski definition) is 2. The third-order valence-electron chi connectivity index (χ3n) is 5.44. The van der Waals surface area contributed by atoms with Gasteiger partial charge in [-0.1, -0.05) is 13.8 Å². The number of hydrogen-bond acceptors (Lipinski definition) is 3. The first-order valence-corrected chi connectivity index (χ1v) is 7.92. The lowest BCUT2D eigenvalue weighted by molar-refractivity contribution is -0.182. The molecule has 0 spiro atoms. The highest BCUT2D eigenvalue weighted by Crippen LogP contribution is 2.51. The highest BCUT2D eigenvalue weighted by molar-refractivity contribution is 5.81. The molecule has 0 unspecified atom stereocenters. The summed E-state index contributed by atoms with van der Waals surface area (Å²) in [6.45, 7) is 6.93. The topological polar surface area (TPSA) is 67.4 Å². The summed E-state index contributed by atoms with van der Waals surface area (Å²) in [6, 6.07) is 0.163. The maximum atomic E-state index is 12.0. The summed E-state index contributed by atoms with van der Waals surface area (Å²) in [6.07, 6.45) is 4.03. The molecule has 0 bridgehead atoms. The fourth-order valence-corrected chi connectivity index (χ4v) is 2.94. The zero-order valence-corrected chi connectivity index (χ0v) is 13.6. The number of rotatable bonds is 7. The number of carbonyl (C=O) groups is 2. The van der Waals surface area contributed by atoms with Gasteiger partial charge in [0.25, 0.3) is 0 Å². The number of ether oxygens (including phenoxy) is 1. The molecular formula is C16H28N2O3. The molecule has 0 aromatic heterocycles. The van der Waals surface area contributed by atoms with E-state index in [1.54, 1.807) is 7.11 Å². The first kappa shape index (κ1) is 16.3. The van der Waals surface area contributed by atoms with E-state index >= 15 is 0 Å². The first-order valence-electron chi connectivity index (χ1n) is 7.92. The van der Waals surface area contributed by atoms with Gasteiger partial charge in [-0.15, -0.1) is 0 Å². The molecule has 2 atom stereocenters. The normalized spacial score (nSPS) is 30.4. The Morgan fingerprint density at radius 3 is 2.43 bits per heavy atom. The van der Waals surface area contributed by atoms with Crippen molar-refractivity contribution in [2.24, 2.45) is 11.3 Å². The largest absolute Gasteiger partial charge is 0.378 e. The van der Waals surface area contributed by atoms with E-state index in [0.29, 0.717) is 19.4 Å². The van der Waals surface area contributed by atoms with E-state index in [-0.39, 0.29) is 34.8 Å². The van der Waals surface area contributed by atoms with Crippen LogP contribution in [0.4, 0.5) is 0 Å². The smallest absolute Gasteiger partial charge is 0.223 e. The zero-order valence-electron chi connectivity index (χ0n) is 13.6. The van der Waals surface area contributed by atoms with Gasteiger partial charge in [0.1, 0.15) is 0 Å². The fourth-order valence-electron chi connectivity index (χ4n) is 2.94. The van der Waals surface area contributed by atoms with Crippen molar-refractivity contribution in [1.29, 1.82) is 0 Å². The van der Waals surface area contributed by atoms with Crippen molar-refractivity contribution in [3.8, 4) is 0 Å². The average molecular weight is 296 g/mol. The molecule has 0 aromatic carbocycles. The van der Waals surface area contributed by atoms with Crippen molar-refractivity contribution < 1.29 is 14.3 Å². The second-order valence-corrected chi connectivity index (χ2v) is 7.15. The molecule has 2 N–H and O–H groups in total. The Morgan fingerprint density at radius 1 is 1.24 bits per heavy atom. The Balaban J connectivity index is 1.63. The minimum absolute atomic E-state index is 0.0579. The van der Waals surface area contributed by atoms with Crippen LogP contribution in [0.25, 0.3) is 0 Å². The van der Waals surface area contributed by atoms with Crippen molar-refractivity contribution >= 4 is 11.8 Å². The highest BCUT2D eigenvalue weighted by atomic mass is 16.5. The molecule has 0 saturated heterocycles. The molecule has 2 aliphatic carbocycles. The summed E-state index contributed by atoms with van der Waals surface area (Å²) in [4.78, 5) is 23.4. The van der Waals surface area contributed by atoms with Gasteiger partial charge >= 0.3 is 0 Å². The van der Waals surface area contributed by atoms with Crippen LogP contribution in [0.3, 0.4) is 0 Å². The lowest BCUT2D eigenvalue weighted by Gasteiger charge is -2.59. The number of amides is 2. The van der Waals surface area contributed by atoms with Crippen molar-refractivity contribution in [3.05, 3.63) is 0 Å². The Bertz CT molecular complexity index is 418. The van der Waals surface area contributed by atoms with Crippen LogP contribution in [0.15, 0.2) is 0 Å². The summed E-state index contributed by atoms with van der Waals surface area (Å²) < 4.78 is 5.56. The van der Waals surface area contributed by atoms with Crippen LogP contribution in [0.2, 0.25) is 0 Å². The predicted octanol–water partition coefficient (Wildman–Crippen LogP) is 1.61. The molecule has 2 saturated carbocycles. The monoisotopic (exact) mass is 296 g/mol. The third kappa shape index (κ3) is 3.39. The molecule has 5 nitrogen and oxygen atoms in total. The van der Waals surface area contributed by atoms with Gasteiger partial charge in [-0.05, 0) is 32.6 Å². The number of nitrogens with one attached hydrogen (secondary N) is 2. The van der Waals surface area contributed by atoms with Gasteiger partial charge in [0.15, 0.2) is 0 Å². The van der Waals surface area contributed by atoms with Crippen LogP contribution in [-0.4, -0.2) is 37.1 Å². The molecule has 0 aromatic rings. The maximum absolute atomic E-state index is 12.0. The minimum Gasteiger partial charge on any atom is -0.378 e. The van der Waals surface area contributed by atoms with Gasteiger partial charge in [0.05, 0.1) is 5.60 Å². The summed E-state index contributed by atoms with van der Waals surface area (Å²) in [5, 5.41) is 5.97. The molecule has 2 fully saturated rings. The van der Waals surface area contributed by atoms with Crippen LogP contribution >= 0.6 is 0 Å².